The minimum Gasteiger partial charge on any atom is -0.490 e. The lowest BCUT2D eigenvalue weighted by molar-refractivity contribution is -0.124. The van der Waals surface area contributed by atoms with Crippen LogP contribution in [0, 0.1) is 5.92 Å². The Morgan fingerprint density at radius 1 is 1.00 bits per heavy atom. The van der Waals surface area contributed by atoms with Gasteiger partial charge in [-0.15, -0.1) is 0 Å². The smallest absolute Gasteiger partial charge is 0.267 e. The first-order valence-electron chi connectivity index (χ1n) is 13.5. The lowest BCUT2D eigenvalue weighted by atomic mass is 9.85. The highest BCUT2D eigenvalue weighted by Crippen LogP contribution is 2.41. The monoisotopic (exact) mass is 560 g/mol. The molecule has 1 heterocycles. The molecule has 0 radical (unpaired) electrons. The Labute approximate surface area is 239 Å². The predicted molar refractivity (Wildman–Crippen MR) is 161 cm³/mol. The predicted octanol–water partition coefficient (Wildman–Crippen LogP) is 8.50. The number of benzene rings is 3. The summed E-state index contributed by atoms with van der Waals surface area (Å²) in [5, 5.41) is 1.42. The van der Waals surface area contributed by atoms with Gasteiger partial charge in [0.05, 0.1) is 17.2 Å². The fourth-order valence-corrected chi connectivity index (χ4v) is 6.31. The lowest BCUT2D eigenvalue weighted by Gasteiger charge is -2.35. The number of ether oxygens (including phenoxy) is 2. The average Bonchev–Trinajstić information content (AvgIpc) is 3.24. The van der Waals surface area contributed by atoms with E-state index in [-0.39, 0.29) is 11.9 Å². The first-order valence-corrected chi connectivity index (χ1v) is 14.7. The van der Waals surface area contributed by atoms with Crippen LogP contribution in [0.15, 0.2) is 82.7 Å². The van der Waals surface area contributed by atoms with Crippen molar-refractivity contribution in [2.45, 2.75) is 52.2 Å². The first-order chi connectivity index (χ1) is 19.0. The maximum atomic E-state index is 13.8. The highest BCUT2D eigenvalue weighted by molar-refractivity contribution is 8.18. The molecule has 0 unspecified atom stereocenters. The molecule has 2 aliphatic rings. The summed E-state index contributed by atoms with van der Waals surface area (Å²) < 4.78 is 12.0. The zero-order valence-corrected chi connectivity index (χ0v) is 23.9. The Morgan fingerprint density at radius 2 is 1.77 bits per heavy atom. The van der Waals surface area contributed by atoms with Crippen LogP contribution in [0.3, 0.4) is 0 Å². The van der Waals surface area contributed by atoms with Crippen LogP contribution < -0.4 is 9.47 Å². The number of amidine groups is 1. The molecular formula is C32H33ClN2O3S. The van der Waals surface area contributed by atoms with E-state index in [0.717, 1.165) is 41.2 Å². The fourth-order valence-electron chi connectivity index (χ4n) is 5.07. The average molecular weight is 561 g/mol. The number of hydrogen-bond donors (Lipinski definition) is 0. The number of hydrogen-bond acceptors (Lipinski definition) is 5. The van der Waals surface area contributed by atoms with Crippen molar-refractivity contribution in [1.82, 2.24) is 4.90 Å². The van der Waals surface area contributed by atoms with Crippen LogP contribution in [0.25, 0.3) is 6.08 Å². The van der Waals surface area contributed by atoms with Gasteiger partial charge in [0.15, 0.2) is 16.7 Å². The zero-order chi connectivity index (χ0) is 27.2. The molecule has 39 heavy (non-hydrogen) atoms. The second kappa shape index (κ2) is 12.8. The zero-order valence-electron chi connectivity index (χ0n) is 22.3. The van der Waals surface area contributed by atoms with Gasteiger partial charge in [-0.25, -0.2) is 4.99 Å². The number of carbonyl (C=O) groups excluding carboxylic acids is 1. The van der Waals surface area contributed by atoms with Crippen molar-refractivity contribution < 1.29 is 14.3 Å². The summed E-state index contributed by atoms with van der Waals surface area (Å²) in [7, 11) is 0. The molecule has 0 bridgehead atoms. The minimum atomic E-state index is 0.0189. The summed E-state index contributed by atoms with van der Waals surface area (Å²) in [5.74, 6) is 1.71. The molecule has 0 spiro atoms. The van der Waals surface area contributed by atoms with Crippen LogP contribution >= 0.6 is 23.4 Å². The number of halogens is 1. The van der Waals surface area contributed by atoms with Crippen LogP contribution in [0.5, 0.6) is 11.5 Å². The van der Waals surface area contributed by atoms with Gasteiger partial charge in [0, 0.05) is 16.6 Å². The molecule has 1 aliphatic heterocycles. The largest absolute Gasteiger partial charge is 0.490 e. The van der Waals surface area contributed by atoms with E-state index in [1.54, 1.807) is 0 Å². The number of rotatable bonds is 8. The molecule has 1 saturated carbocycles. The van der Waals surface area contributed by atoms with Crippen LogP contribution in [-0.4, -0.2) is 28.6 Å². The second-order valence-corrected chi connectivity index (χ2v) is 11.3. The standard InChI is InChI=1S/C32H33ClN2O3S/c1-3-37-29-19-23(17-18-28(29)38-21-24-12-8-9-15-26(24)33)20-30-31(36)35(27-16-10-7-11-22(27)2)32(39-30)34-25-13-5-4-6-14-25/h4-6,8-9,12-15,17-20,22,27H,3,7,10-11,16,21H2,1-2H3/b30-20-,34-32?/t22-,27+/m1/s1. The Balaban J connectivity index is 1.43. The van der Waals surface area contributed by atoms with Crippen LogP contribution in [0.4, 0.5) is 5.69 Å². The Bertz CT molecular complexity index is 1370. The van der Waals surface area contributed by atoms with Gasteiger partial charge < -0.3 is 9.47 Å². The molecule has 0 N–H and O–H groups in total. The first kappa shape index (κ1) is 27.4. The maximum absolute atomic E-state index is 13.8. The third kappa shape index (κ3) is 6.51. The van der Waals surface area contributed by atoms with Gasteiger partial charge in [0.25, 0.3) is 5.91 Å². The number of carbonyl (C=O) groups is 1. The van der Waals surface area contributed by atoms with Crippen molar-refractivity contribution in [3.8, 4) is 11.5 Å². The highest BCUT2D eigenvalue weighted by atomic mass is 35.5. The van der Waals surface area contributed by atoms with Gasteiger partial charge in [0.2, 0.25) is 0 Å². The number of para-hydroxylation sites is 1. The molecule has 1 aliphatic carbocycles. The van der Waals surface area contributed by atoms with E-state index < -0.39 is 0 Å². The summed E-state index contributed by atoms with van der Waals surface area (Å²) >= 11 is 7.74. The van der Waals surface area contributed by atoms with E-state index >= 15 is 0 Å². The third-order valence-electron chi connectivity index (χ3n) is 7.12. The molecule has 3 aromatic rings. The molecular weight excluding hydrogens is 528 g/mol. The van der Waals surface area contributed by atoms with Crippen molar-refractivity contribution in [3.05, 3.63) is 93.9 Å². The second-order valence-electron chi connectivity index (χ2n) is 9.86. The van der Waals surface area contributed by atoms with Gasteiger partial charge in [-0.2, -0.15) is 0 Å². The number of thioether (sulfide) groups is 1. The van der Waals surface area contributed by atoms with Crippen molar-refractivity contribution >= 4 is 46.2 Å². The highest BCUT2D eigenvalue weighted by Gasteiger charge is 2.41. The topological polar surface area (TPSA) is 51.1 Å². The molecule has 3 aromatic carbocycles. The number of nitrogens with zero attached hydrogens (tertiary/aromatic N) is 2. The van der Waals surface area contributed by atoms with Crippen molar-refractivity contribution in [2.75, 3.05) is 6.61 Å². The molecule has 5 nitrogen and oxygen atoms in total. The molecule has 1 saturated heterocycles. The van der Waals surface area contributed by atoms with E-state index in [0.29, 0.717) is 40.6 Å². The van der Waals surface area contributed by atoms with E-state index in [4.69, 9.17) is 26.1 Å². The van der Waals surface area contributed by atoms with E-state index in [9.17, 15) is 4.79 Å². The molecule has 2 fully saturated rings. The van der Waals surface area contributed by atoms with Gasteiger partial charge in [-0.3, -0.25) is 9.69 Å². The van der Waals surface area contributed by atoms with E-state index in [1.807, 2.05) is 90.7 Å². The van der Waals surface area contributed by atoms with Crippen LogP contribution in [0.1, 0.15) is 50.7 Å². The van der Waals surface area contributed by atoms with Gasteiger partial charge in [0.1, 0.15) is 6.61 Å². The number of amides is 1. The quantitative estimate of drug-likeness (QED) is 0.259. The van der Waals surface area contributed by atoms with Crippen molar-refractivity contribution in [1.29, 1.82) is 0 Å². The molecule has 7 heteroatoms. The number of aliphatic imine (C=N–C) groups is 1. The third-order valence-corrected chi connectivity index (χ3v) is 8.47. The van der Waals surface area contributed by atoms with E-state index in [1.165, 1.54) is 18.2 Å². The van der Waals surface area contributed by atoms with Crippen LogP contribution in [-0.2, 0) is 11.4 Å². The summed E-state index contributed by atoms with van der Waals surface area (Å²) in [6.07, 6.45) is 6.41. The molecule has 2 atom stereocenters. The van der Waals surface area contributed by atoms with Crippen molar-refractivity contribution in [3.63, 3.8) is 0 Å². The van der Waals surface area contributed by atoms with E-state index in [2.05, 4.69) is 6.92 Å². The van der Waals surface area contributed by atoms with Crippen LogP contribution in [0.2, 0.25) is 5.02 Å². The Hall–Kier alpha value is -3.22. The molecule has 0 aromatic heterocycles. The Kier molecular flexibility index (Phi) is 8.95. The minimum absolute atomic E-state index is 0.0189. The SMILES string of the molecule is CCOc1cc(/C=C2\SC(=Nc3ccccc3)N([C@H]3CCCC[C@H]3C)C2=O)ccc1OCc1ccccc1Cl. The van der Waals surface area contributed by atoms with Gasteiger partial charge in [-0.05, 0) is 79.4 Å². The van der Waals surface area contributed by atoms with Gasteiger partial charge in [-0.1, -0.05) is 73.8 Å². The molecule has 202 valence electrons. The maximum Gasteiger partial charge on any atom is 0.267 e. The summed E-state index contributed by atoms with van der Waals surface area (Å²) in [6, 6.07) is 23.4. The molecule has 1 amide bonds. The van der Waals surface area contributed by atoms with Crippen molar-refractivity contribution in [2.24, 2.45) is 10.9 Å². The normalized spacial score (nSPS) is 21.5. The summed E-state index contributed by atoms with van der Waals surface area (Å²) in [5.41, 5.74) is 2.63. The fraction of sp³-hybridized carbons (Fsp3) is 0.312. The molecule has 5 rings (SSSR count). The lowest BCUT2D eigenvalue weighted by Crippen LogP contribution is -2.44. The van der Waals surface area contributed by atoms with Gasteiger partial charge >= 0.3 is 0 Å². The summed E-state index contributed by atoms with van der Waals surface area (Å²) in [6.45, 7) is 5.02. The Morgan fingerprint density at radius 3 is 2.54 bits per heavy atom. The summed E-state index contributed by atoms with van der Waals surface area (Å²) in [4.78, 5) is 21.3.